The number of halogens is 1. The number of hydrogen-bond donors (Lipinski definition) is 2. The maximum Gasteiger partial charge on any atom is 0.338 e. The second-order valence-corrected chi connectivity index (χ2v) is 7.07. The summed E-state index contributed by atoms with van der Waals surface area (Å²) in [6.45, 7) is 0.153. The van der Waals surface area contributed by atoms with Crippen LogP contribution in [0.4, 0.5) is 4.39 Å². The molecule has 0 spiro atoms. The summed E-state index contributed by atoms with van der Waals surface area (Å²) in [6, 6.07) is 16.3. The van der Waals surface area contributed by atoms with Crippen LogP contribution in [0.2, 0.25) is 0 Å². The first-order valence-corrected chi connectivity index (χ1v) is 9.56. The van der Waals surface area contributed by atoms with Crippen LogP contribution in [0.5, 0.6) is 0 Å². The minimum absolute atomic E-state index is 0.0926. The molecule has 0 radical (unpaired) electrons. The van der Waals surface area contributed by atoms with Crippen molar-refractivity contribution < 1.29 is 23.8 Å². The Hall–Kier alpha value is -2.77. The lowest BCUT2D eigenvalue weighted by Gasteiger charge is -2.29. The summed E-state index contributed by atoms with van der Waals surface area (Å²) in [6.07, 6.45) is -3.08. The summed E-state index contributed by atoms with van der Waals surface area (Å²) >= 11 is 0. The second-order valence-electron chi connectivity index (χ2n) is 7.07. The third-order valence-electron chi connectivity index (χ3n) is 5.22. The molecule has 0 bridgehead atoms. The van der Waals surface area contributed by atoms with Gasteiger partial charge in [0.05, 0.1) is 17.6 Å². The van der Waals surface area contributed by atoms with E-state index in [1.165, 1.54) is 7.05 Å². The molecule has 1 heterocycles. The highest BCUT2D eigenvalue weighted by Gasteiger charge is 2.49. The van der Waals surface area contributed by atoms with Crippen molar-refractivity contribution in [1.29, 1.82) is 0 Å². The van der Waals surface area contributed by atoms with E-state index in [2.05, 4.69) is 5.32 Å². The van der Waals surface area contributed by atoms with Crippen LogP contribution in [0.1, 0.15) is 22.3 Å². The molecule has 2 aromatic carbocycles. The molecule has 1 saturated heterocycles. The number of likely N-dealkylation sites (tertiary alicyclic amines) is 1. The average Bonchev–Trinajstić information content (AvgIpc) is 2.97. The van der Waals surface area contributed by atoms with Gasteiger partial charge >= 0.3 is 5.97 Å². The normalized spacial score (nSPS) is 24.2. The molecule has 1 fully saturated rings. The second kappa shape index (κ2) is 9.62. The van der Waals surface area contributed by atoms with Gasteiger partial charge in [-0.25, -0.2) is 9.18 Å². The largest absolute Gasteiger partial charge is 0.460 e. The molecule has 4 unspecified atom stereocenters. The van der Waals surface area contributed by atoms with Crippen molar-refractivity contribution in [2.24, 2.45) is 0 Å². The Labute approximate surface area is 169 Å². The molecule has 2 N–H and O–H groups in total. The molecule has 6 nitrogen and oxygen atoms in total. The number of esters is 1. The minimum Gasteiger partial charge on any atom is -0.460 e. The van der Waals surface area contributed by atoms with Crippen molar-refractivity contribution in [3.05, 3.63) is 71.8 Å². The lowest BCUT2D eigenvalue weighted by molar-refractivity contribution is -0.122. The molecule has 0 aromatic heterocycles. The number of carbonyl (C=O) groups excluding carboxylic acids is 2. The number of ether oxygens (including phenoxy) is 1. The van der Waals surface area contributed by atoms with Crippen LogP contribution in [0, 0.1) is 0 Å². The van der Waals surface area contributed by atoms with Gasteiger partial charge in [0, 0.05) is 20.0 Å². The zero-order chi connectivity index (χ0) is 20.8. The number of aliphatic hydroxyl groups excluding tert-OH is 1. The number of nitrogens with zero attached hydrogens (tertiary/aromatic N) is 1. The molecule has 1 aliphatic heterocycles. The zero-order valence-corrected chi connectivity index (χ0v) is 16.2. The van der Waals surface area contributed by atoms with Gasteiger partial charge in [0.15, 0.2) is 0 Å². The van der Waals surface area contributed by atoms with Gasteiger partial charge in [-0.15, -0.1) is 0 Å². The van der Waals surface area contributed by atoms with Crippen LogP contribution in [-0.4, -0.2) is 59.9 Å². The Bertz CT molecular complexity index is 818. The van der Waals surface area contributed by atoms with Crippen LogP contribution in [-0.2, 0) is 16.1 Å². The van der Waals surface area contributed by atoms with Crippen molar-refractivity contribution in [3.63, 3.8) is 0 Å². The number of aliphatic hydroxyl groups is 1. The number of amides is 1. The highest BCUT2D eigenvalue weighted by molar-refractivity contribution is 5.89. The van der Waals surface area contributed by atoms with Crippen LogP contribution >= 0.6 is 0 Å². The number of carbonyl (C=O) groups is 2. The summed E-state index contributed by atoms with van der Waals surface area (Å²) in [4.78, 5) is 25.9. The third kappa shape index (κ3) is 4.99. The summed E-state index contributed by atoms with van der Waals surface area (Å²) < 4.78 is 20.3. The molecule has 0 saturated carbocycles. The molecule has 7 heteroatoms. The number of hydrogen-bond acceptors (Lipinski definition) is 5. The van der Waals surface area contributed by atoms with E-state index in [1.54, 1.807) is 35.2 Å². The molecule has 3 rings (SSSR count). The average molecular weight is 400 g/mol. The Morgan fingerprint density at radius 2 is 1.69 bits per heavy atom. The Balaban J connectivity index is 1.77. The summed E-state index contributed by atoms with van der Waals surface area (Å²) in [5, 5.41) is 13.0. The molecule has 4 atom stereocenters. The fraction of sp³-hybridized carbons (Fsp3) is 0.364. The van der Waals surface area contributed by atoms with Gasteiger partial charge in [0.2, 0.25) is 5.91 Å². The molecule has 0 aliphatic carbocycles. The van der Waals surface area contributed by atoms with Crippen molar-refractivity contribution >= 4 is 11.9 Å². The summed E-state index contributed by atoms with van der Waals surface area (Å²) in [5.41, 5.74) is 1.29. The fourth-order valence-corrected chi connectivity index (χ4v) is 3.63. The Morgan fingerprint density at radius 1 is 1.07 bits per heavy atom. The standard InChI is InChI=1S/C22H25FN2O4/c1-24-19(26)12-17-20(23)21(27)18(25(17)13-15-8-4-2-5-9-15)14-29-22(28)16-10-6-3-7-11-16/h2-11,17-18,20-21,27H,12-14H2,1H3,(H,24,26). The summed E-state index contributed by atoms with van der Waals surface area (Å²) in [7, 11) is 1.49. The van der Waals surface area contributed by atoms with E-state index in [0.29, 0.717) is 12.1 Å². The van der Waals surface area contributed by atoms with Gasteiger partial charge in [-0.3, -0.25) is 9.69 Å². The highest BCUT2D eigenvalue weighted by atomic mass is 19.1. The Morgan fingerprint density at radius 3 is 2.31 bits per heavy atom. The molecule has 1 amide bonds. The van der Waals surface area contributed by atoms with Gasteiger partial charge in [-0.1, -0.05) is 48.5 Å². The lowest BCUT2D eigenvalue weighted by Crippen LogP contribution is -2.43. The van der Waals surface area contributed by atoms with E-state index in [4.69, 9.17) is 4.74 Å². The van der Waals surface area contributed by atoms with Crippen LogP contribution < -0.4 is 5.32 Å². The quantitative estimate of drug-likeness (QED) is 0.695. The van der Waals surface area contributed by atoms with Crippen molar-refractivity contribution in [2.75, 3.05) is 13.7 Å². The van der Waals surface area contributed by atoms with E-state index < -0.39 is 30.3 Å². The molecular weight excluding hydrogens is 375 g/mol. The third-order valence-corrected chi connectivity index (χ3v) is 5.22. The van der Waals surface area contributed by atoms with Gasteiger partial charge in [-0.2, -0.15) is 0 Å². The zero-order valence-electron chi connectivity index (χ0n) is 16.2. The fourth-order valence-electron chi connectivity index (χ4n) is 3.63. The predicted molar refractivity (Wildman–Crippen MR) is 106 cm³/mol. The van der Waals surface area contributed by atoms with E-state index >= 15 is 0 Å². The lowest BCUT2D eigenvalue weighted by atomic mass is 10.1. The van der Waals surface area contributed by atoms with E-state index in [1.807, 2.05) is 30.3 Å². The van der Waals surface area contributed by atoms with Crippen LogP contribution in [0.3, 0.4) is 0 Å². The first-order chi connectivity index (χ1) is 14.0. The first kappa shape index (κ1) is 21.0. The maximum absolute atomic E-state index is 14.9. The van der Waals surface area contributed by atoms with E-state index in [9.17, 15) is 19.1 Å². The van der Waals surface area contributed by atoms with E-state index in [-0.39, 0.29) is 18.9 Å². The van der Waals surface area contributed by atoms with Crippen LogP contribution in [0.15, 0.2) is 60.7 Å². The minimum atomic E-state index is -1.63. The monoisotopic (exact) mass is 400 g/mol. The smallest absolute Gasteiger partial charge is 0.338 e. The van der Waals surface area contributed by atoms with Gasteiger partial charge < -0.3 is 15.2 Å². The SMILES string of the molecule is CNC(=O)CC1C(F)C(O)C(COC(=O)c2ccccc2)N1Cc1ccccc1. The molecule has 2 aromatic rings. The molecule has 154 valence electrons. The Kier molecular flexibility index (Phi) is 6.95. The molecule has 29 heavy (non-hydrogen) atoms. The van der Waals surface area contributed by atoms with Gasteiger partial charge in [-0.05, 0) is 17.7 Å². The number of benzene rings is 2. The highest BCUT2D eigenvalue weighted by Crippen LogP contribution is 2.32. The number of alkyl halides is 1. The van der Waals surface area contributed by atoms with E-state index in [0.717, 1.165) is 5.56 Å². The van der Waals surface area contributed by atoms with Gasteiger partial charge in [0.25, 0.3) is 0 Å². The first-order valence-electron chi connectivity index (χ1n) is 9.56. The topological polar surface area (TPSA) is 78.9 Å². The predicted octanol–water partition coefficient (Wildman–Crippen LogP) is 1.93. The van der Waals surface area contributed by atoms with Gasteiger partial charge in [0.1, 0.15) is 18.9 Å². The molecular formula is C22H25FN2O4. The van der Waals surface area contributed by atoms with Crippen molar-refractivity contribution in [3.8, 4) is 0 Å². The number of nitrogens with one attached hydrogen (secondary N) is 1. The van der Waals surface area contributed by atoms with Crippen LogP contribution in [0.25, 0.3) is 0 Å². The molecule has 1 aliphatic rings. The van der Waals surface area contributed by atoms with Crippen molar-refractivity contribution in [2.45, 2.75) is 37.3 Å². The van der Waals surface area contributed by atoms with Crippen molar-refractivity contribution in [1.82, 2.24) is 10.2 Å². The maximum atomic E-state index is 14.9. The summed E-state index contributed by atoms with van der Waals surface area (Å²) in [5.74, 6) is -0.854. The number of rotatable bonds is 7.